The van der Waals surface area contributed by atoms with Crippen molar-refractivity contribution in [2.45, 2.75) is 6.42 Å². The molecule has 0 bridgehead atoms. The predicted molar refractivity (Wildman–Crippen MR) is 43.3 cm³/mol. The van der Waals surface area contributed by atoms with E-state index >= 15 is 0 Å². The average Bonchev–Trinajstić information content (AvgIpc) is 1.67. The van der Waals surface area contributed by atoms with E-state index in [9.17, 15) is 0 Å². The number of hydrogen-bond acceptors (Lipinski definition) is 0. The molecule has 0 amide bonds. The van der Waals surface area contributed by atoms with Gasteiger partial charge >= 0.3 is 0 Å². The van der Waals surface area contributed by atoms with Crippen LogP contribution < -0.4 is 0 Å². The van der Waals surface area contributed by atoms with Gasteiger partial charge in [0.2, 0.25) is 0 Å². The van der Waals surface area contributed by atoms with Gasteiger partial charge in [0.1, 0.15) is 0 Å². The van der Waals surface area contributed by atoms with Gasteiger partial charge in [0, 0.05) is 5.88 Å². The lowest BCUT2D eigenvalue weighted by Gasteiger charge is -1.98. The van der Waals surface area contributed by atoms with E-state index in [2.05, 4.69) is 6.58 Å². The maximum atomic E-state index is 5.55. The Bertz CT molecular complexity index is 81.4. The fourth-order valence-corrected chi connectivity index (χ4v) is 1.67. The highest BCUT2D eigenvalue weighted by Gasteiger charge is 2.04. The molecule has 0 saturated heterocycles. The van der Waals surface area contributed by atoms with Crippen molar-refractivity contribution >= 4 is 41.2 Å². The van der Waals surface area contributed by atoms with Gasteiger partial charge in [0.05, 0.1) is 0 Å². The molecule has 0 nitrogen and oxygen atoms in total. The second-order valence-corrected chi connectivity index (χ2v) is 6.48. The van der Waals surface area contributed by atoms with Crippen LogP contribution in [0.15, 0.2) is 11.8 Å². The monoisotopic (exact) mass is 188 g/mol. The van der Waals surface area contributed by atoms with E-state index in [0.717, 1.165) is 11.6 Å². The lowest BCUT2D eigenvalue weighted by Crippen LogP contribution is -1.97. The molecule has 0 fully saturated rings. The van der Waals surface area contributed by atoms with E-state index in [0.29, 0.717) is 5.88 Å². The van der Waals surface area contributed by atoms with Gasteiger partial charge in [-0.05, 0) is 6.42 Å². The van der Waals surface area contributed by atoms with Crippen LogP contribution in [0.3, 0.4) is 0 Å². The second kappa shape index (κ2) is 4.68. The highest BCUT2D eigenvalue weighted by molar-refractivity contribution is 7.36. The maximum Gasteiger partial charge on any atom is 0.262 e. The summed E-state index contributed by atoms with van der Waals surface area (Å²) in [6, 6.07) is 0. The first-order valence-electron chi connectivity index (χ1n) is 2.20. The summed E-state index contributed by atoms with van der Waals surface area (Å²) in [7, 11) is -1.62. The molecule has 0 radical (unpaired) electrons. The fraction of sp³-hybridized carbons (Fsp3) is 0.500. The molecule has 0 N–H and O–H groups in total. The standard InChI is InChI=1S/C4H7Cl3Si/c1-4(2-3-5)8(6)7/h8H,1-3H2. The summed E-state index contributed by atoms with van der Waals surface area (Å²) in [5.74, 6) is 0.571. The zero-order chi connectivity index (χ0) is 6.57. The smallest absolute Gasteiger partial charge is 0.145 e. The number of halogens is 3. The van der Waals surface area contributed by atoms with Crippen LogP contribution in [0, 0.1) is 0 Å². The summed E-state index contributed by atoms with van der Waals surface area (Å²) in [4.78, 5) is 0. The highest BCUT2D eigenvalue weighted by atomic mass is 35.7. The topological polar surface area (TPSA) is 0 Å². The lowest BCUT2D eigenvalue weighted by atomic mass is 10.5. The van der Waals surface area contributed by atoms with Gasteiger partial charge in [-0.3, -0.25) is 0 Å². The van der Waals surface area contributed by atoms with Crippen LogP contribution in [-0.2, 0) is 0 Å². The van der Waals surface area contributed by atoms with Gasteiger partial charge in [0.25, 0.3) is 7.42 Å². The van der Waals surface area contributed by atoms with E-state index in [1.165, 1.54) is 0 Å². The molecule has 0 heterocycles. The average molecular weight is 190 g/mol. The molecule has 0 spiro atoms. The molecule has 8 heavy (non-hydrogen) atoms. The Hall–Kier alpha value is 0.827. The Balaban J connectivity index is 3.33. The molecule has 0 rings (SSSR count). The Morgan fingerprint density at radius 2 is 2.00 bits per heavy atom. The molecule has 0 aromatic heterocycles. The van der Waals surface area contributed by atoms with E-state index in [1.54, 1.807) is 0 Å². The third kappa shape index (κ3) is 3.78. The molecule has 0 aromatic carbocycles. The molecule has 0 atom stereocenters. The summed E-state index contributed by atoms with van der Waals surface area (Å²) in [6.07, 6.45) is 0.755. The van der Waals surface area contributed by atoms with E-state index in [-0.39, 0.29) is 0 Å². The van der Waals surface area contributed by atoms with Crippen LogP contribution in [0.1, 0.15) is 6.42 Å². The molecule has 48 valence electrons. The summed E-state index contributed by atoms with van der Waals surface area (Å²) >= 11 is 16.5. The first kappa shape index (κ1) is 8.83. The maximum absolute atomic E-state index is 5.55. The number of rotatable bonds is 3. The van der Waals surface area contributed by atoms with Crippen LogP contribution in [0.4, 0.5) is 0 Å². The van der Waals surface area contributed by atoms with Gasteiger partial charge in [-0.15, -0.1) is 40.3 Å². The summed E-state index contributed by atoms with van der Waals surface area (Å²) in [5, 5.41) is 0.920. The highest BCUT2D eigenvalue weighted by Crippen LogP contribution is 2.11. The van der Waals surface area contributed by atoms with Crippen molar-refractivity contribution in [3.05, 3.63) is 11.8 Å². The van der Waals surface area contributed by atoms with Crippen LogP contribution in [0.25, 0.3) is 0 Å². The largest absolute Gasteiger partial charge is 0.262 e. The molecule has 0 unspecified atom stereocenters. The van der Waals surface area contributed by atoms with Crippen molar-refractivity contribution in [2.75, 3.05) is 5.88 Å². The summed E-state index contributed by atoms with van der Waals surface area (Å²) < 4.78 is 0. The molecule has 0 saturated carbocycles. The molecule has 0 aromatic rings. The first-order valence-corrected chi connectivity index (χ1v) is 6.80. The van der Waals surface area contributed by atoms with Crippen molar-refractivity contribution < 1.29 is 0 Å². The Morgan fingerprint density at radius 1 is 1.50 bits per heavy atom. The zero-order valence-electron chi connectivity index (χ0n) is 4.33. The van der Waals surface area contributed by atoms with E-state index < -0.39 is 7.42 Å². The number of alkyl halides is 1. The van der Waals surface area contributed by atoms with E-state index in [1.807, 2.05) is 0 Å². The molecule has 0 aliphatic rings. The predicted octanol–water partition coefficient (Wildman–Crippen LogP) is 2.41. The van der Waals surface area contributed by atoms with Crippen molar-refractivity contribution in [3.63, 3.8) is 0 Å². The molecular formula is C4H7Cl3Si. The minimum Gasteiger partial charge on any atom is -0.145 e. The summed E-state index contributed by atoms with van der Waals surface area (Å²) in [5.41, 5.74) is 0. The van der Waals surface area contributed by atoms with Gasteiger partial charge < -0.3 is 0 Å². The molecular weight excluding hydrogens is 182 g/mol. The van der Waals surface area contributed by atoms with Crippen molar-refractivity contribution in [1.82, 2.24) is 0 Å². The normalized spacial score (nSPS) is 10.0. The first-order chi connectivity index (χ1) is 3.68. The number of hydrogen-bond donors (Lipinski definition) is 0. The van der Waals surface area contributed by atoms with Crippen molar-refractivity contribution in [1.29, 1.82) is 0 Å². The molecule has 0 aliphatic carbocycles. The SMILES string of the molecule is C=C(CCCl)[SiH](Cl)Cl. The number of allylic oxidation sites excluding steroid dienone is 1. The van der Waals surface area contributed by atoms with Crippen LogP contribution in [0.2, 0.25) is 0 Å². The minimum atomic E-state index is -1.62. The Morgan fingerprint density at radius 3 is 2.12 bits per heavy atom. The Kier molecular flexibility index (Phi) is 5.17. The van der Waals surface area contributed by atoms with Gasteiger partial charge in [-0.2, -0.15) is 0 Å². The van der Waals surface area contributed by atoms with Crippen LogP contribution in [-0.4, -0.2) is 13.3 Å². The van der Waals surface area contributed by atoms with Gasteiger partial charge in [-0.1, -0.05) is 5.20 Å². The van der Waals surface area contributed by atoms with Crippen LogP contribution >= 0.6 is 33.8 Å². The Labute approximate surface area is 65.4 Å². The minimum absolute atomic E-state index is 0.571. The summed E-state index contributed by atoms with van der Waals surface area (Å²) in [6.45, 7) is 3.66. The quantitative estimate of drug-likeness (QED) is 0.363. The zero-order valence-corrected chi connectivity index (χ0v) is 7.76. The van der Waals surface area contributed by atoms with E-state index in [4.69, 9.17) is 33.8 Å². The van der Waals surface area contributed by atoms with Gasteiger partial charge in [0.15, 0.2) is 0 Å². The lowest BCUT2D eigenvalue weighted by molar-refractivity contribution is 1.21. The van der Waals surface area contributed by atoms with Crippen molar-refractivity contribution in [2.24, 2.45) is 0 Å². The third-order valence-electron chi connectivity index (χ3n) is 0.724. The van der Waals surface area contributed by atoms with Crippen molar-refractivity contribution in [3.8, 4) is 0 Å². The molecule has 0 aliphatic heterocycles. The van der Waals surface area contributed by atoms with Gasteiger partial charge in [-0.25, -0.2) is 0 Å². The second-order valence-electron chi connectivity index (χ2n) is 1.40. The fourth-order valence-electron chi connectivity index (χ4n) is 0.230. The molecule has 4 heteroatoms. The van der Waals surface area contributed by atoms with Crippen LogP contribution in [0.5, 0.6) is 0 Å². The third-order valence-corrected chi connectivity index (χ3v) is 3.67.